The van der Waals surface area contributed by atoms with Gasteiger partial charge in [-0.3, -0.25) is 4.90 Å². The van der Waals surface area contributed by atoms with E-state index < -0.39 is 5.60 Å². The van der Waals surface area contributed by atoms with Gasteiger partial charge in [0, 0.05) is 13.1 Å². The smallest absolute Gasteiger partial charge is 0.161 e. The molecule has 1 aromatic carbocycles. The van der Waals surface area contributed by atoms with E-state index in [0.717, 1.165) is 24.6 Å². The molecule has 0 saturated carbocycles. The molecule has 0 atom stereocenters. The zero-order valence-corrected chi connectivity index (χ0v) is 13.1. The van der Waals surface area contributed by atoms with Gasteiger partial charge >= 0.3 is 0 Å². The van der Waals surface area contributed by atoms with Gasteiger partial charge in [0.05, 0.1) is 12.2 Å². The molecule has 4 heteroatoms. The molecule has 0 heterocycles. The quantitative estimate of drug-likeness (QED) is 0.755. The summed E-state index contributed by atoms with van der Waals surface area (Å²) in [4.78, 5) is 2.17. The van der Waals surface area contributed by atoms with Crippen LogP contribution >= 0.6 is 0 Å². The first-order valence-electron chi connectivity index (χ1n) is 7.25. The molecule has 0 aliphatic heterocycles. The third-order valence-electron chi connectivity index (χ3n) is 2.87. The highest BCUT2D eigenvalue weighted by molar-refractivity contribution is 5.39. The van der Waals surface area contributed by atoms with E-state index in [-0.39, 0.29) is 0 Å². The van der Waals surface area contributed by atoms with E-state index in [0.29, 0.717) is 19.8 Å². The first-order chi connectivity index (χ1) is 9.46. The molecule has 0 spiro atoms. The lowest BCUT2D eigenvalue weighted by molar-refractivity contribution is 0.0338. The second-order valence-corrected chi connectivity index (χ2v) is 5.41. The Bertz CT molecular complexity index is 388. The lowest BCUT2D eigenvalue weighted by atomic mass is 10.1. The summed E-state index contributed by atoms with van der Waals surface area (Å²) in [6, 6.07) is 7.70. The van der Waals surface area contributed by atoms with E-state index >= 15 is 0 Å². The van der Waals surface area contributed by atoms with Crippen molar-refractivity contribution in [3.63, 3.8) is 0 Å². The lowest BCUT2D eigenvalue weighted by Crippen LogP contribution is -2.40. The first-order valence-corrected chi connectivity index (χ1v) is 7.25. The first kappa shape index (κ1) is 16.8. The minimum absolute atomic E-state index is 0.577. The number of para-hydroxylation sites is 2. The van der Waals surface area contributed by atoms with Crippen molar-refractivity contribution in [2.75, 3.05) is 32.8 Å². The van der Waals surface area contributed by atoms with Crippen LogP contribution in [-0.2, 0) is 0 Å². The van der Waals surface area contributed by atoms with Gasteiger partial charge in [0.25, 0.3) is 0 Å². The maximum atomic E-state index is 9.85. The Balaban J connectivity index is 2.47. The van der Waals surface area contributed by atoms with E-state index in [4.69, 9.17) is 9.47 Å². The van der Waals surface area contributed by atoms with E-state index in [9.17, 15) is 5.11 Å². The third kappa shape index (κ3) is 6.26. The van der Waals surface area contributed by atoms with Crippen LogP contribution in [0.2, 0.25) is 0 Å². The molecule has 1 N–H and O–H groups in total. The molecule has 1 rings (SSSR count). The Morgan fingerprint density at radius 2 is 1.70 bits per heavy atom. The summed E-state index contributed by atoms with van der Waals surface area (Å²) < 4.78 is 11.3. The number of hydrogen-bond acceptors (Lipinski definition) is 4. The average molecular weight is 281 g/mol. The molecule has 20 heavy (non-hydrogen) atoms. The molecule has 0 aliphatic rings. The van der Waals surface area contributed by atoms with E-state index in [2.05, 4.69) is 11.8 Å². The Morgan fingerprint density at radius 1 is 1.10 bits per heavy atom. The van der Waals surface area contributed by atoms with E-state index in [1.807, 2.05) is 45.0 Å². The molecule has 0 unspecified atom stereocenters. The fourth-order valence-electron chi connectivity index (χ4n) is 2.03. The SMILES string of the molecule is CCOc1ccccc1OCCN(CC)CC(C)(C)O. The largest absolute Gasteiger partial charge is 0.490 e. The number of nitrogens with zero attached hydrogens (tertiary/aromatic N) is 1. The molecule has 0 amide bonds. The maximum Gasteiger partial charge on any atom is 0.161 e. The zero-order valence-electron chi connectivity index (χ0n) is 13.1. The van der Waals surface area contributed by atoms with Crippen LogP contribution < -0.4 is 9.47 Å². The molecule has 0 saturated heterocycles. The van der Waals surface area contributed by atoms with Crippen molar-refractivity contribution in [2.24, 2.45) is 0 Å². The van der Waals surface area contributed by atoms with Gasteiger partial charge in [0.2, 0.25) is 0 Å². The fraction of sp³-hybridized carbons (Fsp3) is 0.625. The number of likely N-dealkylation sites (N-methyl/N-ethyl adjacent to an activating group) is 1. The predicted octanol–water partition coefficient (Wildman–Crippen LogP) is 2.56. The predicted molar refractivity (Wildman–Crippen MR) is 81.5 cm³/mol. The van der Waals surface area contributed by atoms with Gasteiger partial charge in [-0.25, -0.2) is 0 Å². The highest BCUT2D eigenvalue weighted by Gasteiger charge is 2.17. The molecule has 0 aliphatic carbocycles. The highest BCUT2D eigenvalue weighted by atomic mass is 16.5. The molecular weight excluding hydrogens is 254 g/mol. The summed E-state index contributed by atoms with van der Waals surface area (Å²) in [5.41, 5.74) is -0.681. The molecule has 0 aromatic heterocycles. The van der Waals surface area contributed by atoms with Crippen molar-refractivity contribution >= 4 is 0 Å². The molecular formula is C16H27NO3. The number of hydrogen-bond donors (Lipinski definition) is 1. The van der Waals surface area contributed by atoms with Gasteiger partial charge < -0.3 is 14.6 Å². The summed E-state index contributed by atoms with van der Waals surface area (Å²) in [7, 11) is 0. The summed E-state index contributed by atoms with van der Waals surface area (Å²) >= 11 is 0. The zero-order chi connectivity index (χ0) is 15.0. The van der Waals surface area contributed by atoms with Crippen LogP contribution in [0.5, 0.6) is 11.5 Å². The summed E-state index contributed by atoms with van der Waals surface area (Å²) in [5.74, 6) is 1.55. The van der Waals surface area contributed by atoms with Gasteiger partial charge in [-0.05, 0) is 39.4 Å². The highest BCUT2D eigenvalue weighted by Crippen LogP contribution is 2.26. The standard InChI is InChI=1S/C16H27NO3/c1-5-17(13-16(3,4)18)11-12-20-15-10-8-7-9-14(15)19-6-2/h7-10,18H,5-6,11-13H2,1-4H3. The van der Waals surface area contributed by atoms with Gasteiger partial charge in [-0.2, -0.15) is 0 Å². The Hall–Kier alpha value is -1.26. The summed E-state index contributed by atoms with van der Waals surface area (Å²) in [6.45, 7) is 11.2. The van der Waals surface area contributed by atoms with Crippen LogP contribution in [0, 0.1) is 0 Å². The minimum Gasteiger partial charge on any atom is -0.490 e. The van der Waals surface area contributed by atoms with Crippen LogP contribution in [0.15, 0.2) is 24.3 Å². The molecule has 0 fully saturated rings. The van der Waals surface area contributed by atoms with Gasteiger partial charge in [-0.15, -0.1) is 0 Å². The lowest BCUT2D eigenvalue weighted by Gasteiger charge is -2.27. The summed E-state index contributed by atoms with van der Waals surface area (Å²) in [5, 5.41) is 9.85. The number of aliphatic hydroxyl groups is 1. The van der Waals surface area contributed by atoms with Crippen molar-refractivity contribution in [2.45, 2.75) is 33.3 Å². The van der Waals surface area contributed by atoms with Crippen molar-refractivity contribution in [1.29, 1.82) is 0 Å². The Kier molecular flexibility index (Phi) is 6.82. The Labute approximate surface area is 122 Å². The normalized spacial score (nSPS) is 11.7. The fourth-order valence-corrected chi connectivity index (χ4v) is 2.03. The number of rotatable bonds is 9. The second kappa shape index (κ2) is 8.12. The van der Waals surface area contributed by atoms with Crippen molar-refractivity contribution < 1.29 is 14.6 Å². The average Bonchev–Trinajstić information content (AvgIpc) is 2.38. The maximum absolute atomic E-state index is 9.85. The second-order valence-electron chi connectivity index (χ2n) is 5.41. The van der Waals surface area contributed by atoms with Crippen LogP contribution in [-0.4, -0.2) is 48.5 Å². The topological polar surface area (TPSA) is 41.9 Å². The summed E-state index contributed by atoms with van der Waals surface area (Å²) in [6.07, 6.45) is 0. The van der Waals surface area contributed by atoms with E-state index in [1.54, 1.807) is 0 Å². The van der Waals surface area contributed by atoms with E-state index in [1.165, 1.54) is 0 Å². The van der Waals surface area contributed by atoms with Crippen LogP contribution in [0.4, 0.5) is 0 Å². The molecule has 114 valence electrons. The Morgan fingerprint density at radius 3 is 2.20 bits per heavy atom. The monoisotopic (exact) mass is 281 g/mol. The molecule has 1 aromatic rings. The van der Waals surface area contributed by atoms with Crippen molar-refractivity contribution in [1.82, 2.24) is 4.90 Å². The minimum atomic E-state index is -0.681. The number of benzene rings is 1. The molecule has 0 radical (unpaired) electrons. The van der Waals surface area contributed by atoms with Gasteiger partial charge in [0.1, 0.15) is 6.61 Å². The third-order valence-corrected chi connectivity index (χ3v) is 2.87. The number of ether oxygens (including phenoxy) is 2. The van der Waals surface area contributed by atoms with Crippen LogP contribution in [0.3, 0.4) is 0 Å². The molecule has 4 nitrogen and oxygen atoms in total. The van der Waals surface area contributed by atoms with Gasteiger partial charge in [-0.1, -0.05) is 19.1 Å². The van der Waals surface area contributed by atoms with Crippen molar-refractivity contribution in [3.05, 3.63) is 24.3 Å². The molecule has 0 bridgehead atoms. The van der Waals surface area contributed by atoms with Crippen LogP contribution in [0.1, 0.15) is 27.7 Å². The van der Waals surface area contributed by atoms with Crippen LogP contribution in [0.25, 0.3) is 0 Å². The van der Waals surface area contributed by atoms with Crippen molar-refractivity contribution in [3.8, 4) is 11.5 Å². The van der Waals surface area contributed by atoms with Gasteiger partial charge in [0.15, 0.2) is 11.5 Å².